The Morgan fingerprint density at radius 2 is 2.00 bits per heavy atom. The van der Waals surface area contributed by atoms with Crippen molar-refractivity contribution in [1.82, 2.24) is 0 Å². The maximum atomic E-state index is 12.5. The molecule has 3 heteroatoms. The molecule has 0 aromatic heterocycles. The van der Waals surface area contributed by atoms with Gasteiger partial charge in [-0.1, -0.05) is 18.7 Å². The molecule has 0 saturated carbocycles. The average molecular weight is 208 g/mol. The van der Waals surface area contributed by atoms with Crippen LogP contribution in [0.1, 0.15) is 12.5 Å². The van der Waals surface area contributed by atoms with Crippen LogP contribution < -0.4 is 0 Å². The Labute approximate surface area is 88.4 Å². The van der Waals surface area contributed by atoms with E-state index in [2.05, 4.69) is 6.58 Å². The molecule has 0 aliphatic rings. The number of hydrogen-bond acceptors (Lipinski definition) is 2. The fourth-order valence-electron chi connectivity index (χ4n) is 1.04. The van der Waals surface area contributed by atoms with Crippen molar-refractivity contribution < 1.29 is 13.9 Å². The second-order valence-electron chi connectivity index (χ2n) is 3.29. The zero-order valence-electron chi connectivity index (χ0n) is 8.63. The third kappa shape index (κ3) is 3.94. The molecule has 0 N–H and O–H groups in total. The molecule has 1 aromatic rings. The van der Waals surface area contributed by atoms with Crippen LogP contribution in [0.2, 0.25) is 0 Å². The summed E-state index contributed by atoms with van der Waals surface area (Å²) in [5.41, 5.74) is 1.32. The maximum Gasteiger partial charge on any atom is 0.333 e. The van der Waals surface area contributed by atoms with Gasteiger partial charge in [0.1, 0.15) is 5.82 Å². The number of carbonyl (C=O) groups is 1. The third-order valence-electron chi connectivity index (χ3n) is 1.89. The summed E-state index contributed by atoms with van der Waals surface area (Å²) in [5.74, 6) is -0.658. The van der Waals surface area contributed by atoms with Gasteiger partial charge in [0.25, 0.3) is 0 Å². The van der Waals surface area contributed by atoms with E-state index in [4.69, 9.17) is 4.74 Å². The van der Waals surface area contributed by atoms with E-state index in [9.17, 15) is 9.18 Å². The number of rotatable bonds is 4. The Hall–Kier alpha value is -1.64. The molecular formula is C12H13FO2. The van der Waals surface area contributed by atoms with Crippen molar-refractivity contribution >= 4 is 5.97 Å². The van der Waals surface area contributed by atoms with Crippen LogP contribution in [0, 0.1) is 5.82 Å². The van der Waals surface area contributed by atoms with Crippen molar-refractivity contribution in [2.24, 2.45) is 0 Å². The summed E-state index contributed by atoms with van der Waals surface area (Å²) in [6, 6.07) is 6.11. The lowest BCUT2D eigenvalue weighted by molar-refractivity contribution is -0.138. The van der Waals surface area contributed by atoms with Crippen molar-refractivity contribution in [3.05, 3.63) is 47.8 Å². The molecule has 0 fully saturated rings. The molecule has 0 aliphatic carbocycles. The number of halogens is 1. The molecule has 1 aromatic carbocycles. The highest BCUT2D eigenvalue weighted by Gasteiger charge is 2.02. The summed E-state index contributed by atoms with van der Waals surface area (Å²) in [4.78, 5) is 11.0. The van der Waals surface area contributed by atoms with Gasteiger partial charge >= 0.3 is 5.97 Å². The Morgan fingerprint density at radius 3 is 2.53 bits per heavy atom. The quantitative estimate of drug-likeness (QED) is 0.561. The standard InChI is InChI=1S/C12H13FO2/c1-9(2)12(14)15-8-7-10-3-5-11(13)6-4-10/h3-6H,1,7-8H2,2H3. The Bertz CT molecular complexity index is 354. The Morgan fingerprint density at radius 1 is 1.40 bits per heavy atom. The number of ether oxygens (including phenoxy) is 1. The molecule has 0 heterocycles. The van der Waals surface area contributed by atoms with E-state index in [0.29, 0.717) is 12.0 Å². The largest absolute Gasteiger partial charge is 0.462 e. The van der Waals surface area contributed by atoms with Crippen LogP contribution in [0.5, 0.6) is 0 Å². The molecular weight excluding hydrogens is 195 g/mol. The van der Waals surface area contributed by atoms with E-state index in [1.54, 1.807) is 19.1 Å². The predicted molar refractivity (Wildman–Crippen MR) is 55.9 cm³/mol. The van der Waals surface area contributed by atoms with Gasteiger partial charge in [0, 0.05) is 12.0 Å². The smallest absolute Gasteiger partial charge is 0.333 e. The van der Waals surface area contributed by atoms with Gasteiger partial charge in [-0.2, -0.15) is 0 Å². The van der Waals surface area contributed by atoms with E-state index in [0.717, 1.165) is 5.56 Å². The minimum atomic E-state index is -0.392. The molecule has 80 valence electrons. The van der Waals surface area contributed by atoms with Crippen molar-refractivity contribution in [2.75, 3.05) is 6.61 Å². The minimum absolute atomic E-state index is 0.266. The summed E-state index contributed by atoms with van der Waals surface area (Å²) in [7, 11) is 0. The first-order valence-electron chi connectivity index (χ1n) is 4.66. The van der Waals surface area contributed by atoms with Crippen LogP contribution in [0.25, 0.3) is 0 Å². The van der Waals surface area contributed by atoms with Gasteiger partial charge in [-0.3, -0.25) is 0 Å². The summed E-state index contributed by atoms with van der Waals surface area (Å²) in [6.45, 7) is 5.35. The fraction of sp³-hybridized carbons (Fsp3) is 0.250. The topological polar surface area (TPSA) is 26.3 Å². The predicted octanol–water partition coefficient (Wildman–Crippen LogP) is 2.49. The minimum Gasteiger partial charge on any atom is -0.462 e. The molecule has 1 rings (SSSR count). The molecule has 0 saturated heterocycles. The number of hydrogen-bond donors (Lipinski definition) is 0. The molecule has 0 spiro atoms. The molecule has 0 radical (unpaired) electrons. The van der Waals surface area contributed by atoms with Crippen LogP contribution in [0.4, 0.5) is 4.39 Å². The first-order chi connectivity index (χ1) is 7.09. The first kappa shape index (κ1) is 11.4. The van der Waals surface area contributed by atoms with Gasteiger partial charge in [-0.15, -0.1) is 0 Å². The van der Waals surface area contributed by atoms with Gasteiger partial charge in [-0.25, -0.2) is 9.18 Å². The van der Waals surface area contributed by atoms with Gasteiger partial charge < -0.3 is 4.74 Å². The zero-order valence-corrected chi connectivity index (χ0v) is 8.63. The molecule has 0 aliphatic heterocycles. The molecule has 0 bridgehead atoms. The van der Waals surface area contributed by atoms with Gasteiger partial charge in [-0.05, 0) is 24.6 Å². The fourth-order valence-corrected chi connectivity index (χ4v) is 1.04. The van der Waals surface area contributed by atoms with Crippen LogP contribution >= 0.6 is 0 Å². The van der Waals surface area contributed by atoms with E-state index in [-0.39, 0.29) is 12.4 Å². The Kier molecular flexibility index (Phi) is 4.03. The van der Waals surface area contributed by atoms with E-state index < -0.39 is 5.97 Å². The SMILES string of the molecule is C=C(C)C(=O)OCCc1ccc(F)cc1. The molecule has 15 heavy (non-hydrogen) atoms. The Balaban J connectivity index is 2.35. The zero-order chi connectivity index (χ0) is 11.3. The van der Waals surface area contributed by atoms with E-state index >= 15 is 0 Å². The van der Waals surface area contributed by atoms with Crippen molar-refractivity contribution in [3.63, 3.8) is 0 Å². The van der Waals surface area contributed by atoms with Crippen LogP contribution in [-0.2, 0) is 16.0 Å². The second-order valence-corrected chi connectivity index (χ2v) is 3.29. The molecule has 0 unspecified atom stereocenters. The van der Waals surface area contributed by atoms with Gasteiger partial charge in [0.05, 0.1) is 6.61 Å². The number of carbonyl (C=O) groups excluding carboxylic acids is 1. The van der Waals surface area contributed by atoms with E-state index in [1.807, 2.05) is 0 Å². The monoisotopic (exact) mass is 208 g/mol. The molecule has 2 nitrogen and oxygen atoms in total. The first-order valence-corrected chi connectivity index (χ1v) is 4.66. The lowest BCUT2D eigenvalue weighted by atomic mass is 10.2. The summed E-state index contributed by atoms with van der Waals surface area (Å²) >= 11 is 0. The molecule has 0 atom stereocenters. The summed E-state index contributed by atoms with van der Waals surface area (Å²) in [5, 5.41) is 0. The average Bonchev–Trinajstić information content (AvgIpc) is 2.20. The van der Waals surface area contributed by atoms with Crippen molar-refractivity contribution in [1.29, 1.82) is 0 Å². The van der Waals surface area contributed by atoms with E-state index in [1.165, 1.54) is 12.1 Å². The summed E-state index contributed by atoms with van der Waals surface area (Å²) < 4.78 is 17.5. The second kappa shape index (κ2) is 5.29. The van der Waals surface area contributed by atoms with Gasteiger partial charge in [0.15, 0.2) is 0 Å². The van der Waals surface area contributed by atoms with Crippen molar-refractivity contribution in [3.8, 4) is 0 Å². The highest BCUT2D eigenvalue weighted by molar-refractivity contribution is 5.86. The number of esters is 1. The lowest BCUT2D eigenvalue weighted by Crippen LogP contribution is -2.07. The van der Waals surface area contributed by atoms with Crippen LogP contribution in [-0.4, -0.2) is 12.6 Å². The summed E-state index contributed by atoms with van der Waals surface area (Å²) in [6.07, 6.45) is 0.583. The molecule has 0 amide bonds. The highest BCUT2D eigenvalue weighted by Crippen LogP contribution is 2.04. The van der Waals surface area contributed by atoms with Gasteiger partial charge in [0.2, 0.25) is 0 Å². The lowest BCUT2D eigenvalue weighted by Gasteiger charge is -2.04. The maximum absolute atomic E-state index is 12.5. The highest BCUT2D eigenvalue weighted by atomic mass is 19.1. The van der Waals surface area contributed by atoms with Crippen LogP contribution in [0.15, 0.2) is 36.4 Å². The van der Waals surface area contributed by atoms with Crippen molar-refractivity contribution in [2.45, 2.75) is 13.3 Å². The number of benzene rings is 1. The van der Waals surface area contributed by atoms with Crippen LogP contribution in [0.3, 0.4) is 0 Å². The normalized spacial score (nSPS) is 9.73. The third-order valence-corrected chi connectivity index (χ3v) is 1.89.